The molecule has 0 spiro atoms. The molecule has 0 aliphatic heterocycles. The first-order chi connectivity index (χ1) is 13.4. The van der Waals surface area contributed by atoms with Gasteiger partial charge < -0.3 is 24.8 Å². The molecular weight excluding hydrogens is 356 g/mol. The van der Waals surface area contributed by atoms with Gasteiger partial charge in [0.15, 0.2) is 17.5 Å². The van der Waals surface area contributed by atoms with Gasteiger partial charge in [0.2, 0.25) is 0 Å². The fourth-order valence-corrected chi connectivity index (χ4v) is 3.14. The first kappa shape index (κ1) is 23.9. The van der Waals surface area contributed by atoms with Crippen LogP contribution in [0.2, 0.25) is 0 Å². The zero-order chi connectivity index (χ0) is 21.1. The minimum Gasteiger partial charge on any atom is -0.496 e. The zero-order valence-corrected chi connectivity index (χ0v) is 18.8. The molecule has 0 fully saturated rings. The van der Waals surface area contributed by atoms with Gasteiger partial charge in [0.25, 0.3) is 0 Å². The molecule has 0 bridgehead atoms. The van der Waals surface area contributed by atoms with Crippen molar-refractivity contribution in [2.75, 3.05) is 41.0 Å². The van der Waals surface area contributed by atoms with Crippen LogP contribution < -0.4 is 24.8 Å². The molecule has 1 aromatic carbocycles. The Morgan fingerprint density at radius 2 is 1.50 bits per heavy atom. The van der Waals surface area contributed by atoms with E-state index in [9.17, 15) is 0 Å². The fourth-order valence-electron chi connectivity index (χ4n) is 3.14. The lowest BCUT2D eigenvalue weighted by Crippen LogP contribution is -2.45. The van der Waals surface area contributed by atoms with Gasteiger partial charge in [-0.3, -0.25) is 4.90 Å². The lowest BCUT2D eigenvalue weighted by Gasteiger charge is -2.30. The van der Waals surface area contributed by atoms with E-state index in [2.05, 4.69) is 50.2 Å². The van der Waals surface area contributed by atoms with Crippen molar-refractivity contribution in [2.24, 2.45) is 4.99 Å². The molecule has 0 heterocycles. The van der Waals surface area contributed by atoms with Gasteiger partial charge in [-0.05, 0) is 40.7 Å². The molecule has 0 atom stereocenters. The van der Waals surface area contributed by atoms with Crippen molar-refractivity contribution in [3.05, 3.63) is 17.7 Å². The van der Waals surface area contributed by atoms with Crippen LogP contribution in [0.25, 0.3) is 0 Å². The highest BCUT2D eigenvalue weighted by molar-refractivity contribution is 5.79. The fraction of sp³-hybridized carbons (Fsp3) is 0.667. The van der Waals surface area contributed by atoms with Crippen molar-refractivity contribution in [1.82, 2.24) is 15.5 Å². The van der Waals surface area contributed by atoms with E-state index in [0.29, 0.717) is 30.1 Å². The lowest BCUT2D eigenvalue weighted by atomic mass is 10.1. The Balaban J connectivity index is 2.86. The maximum absolute atomic E-state index is 5.49. The molecular formula is C21H38N4O3. The number of hydrogen-bond donors (Lipinski definition) is 2. The molecule has 7 heteroatoms. The highest BCUT2D eigenvalue weighted by Gasteiger charge is 2.14. The van der Waals surface area contributed by atoms with Crippen molar-refractivity contribution in [3.63, 3.8) is 0 Å². The van der Waals surface area contributed by atoms with E-state index in [1.54, 1.807) is 21.3 Å². The summed E-state index contributed by atoms with van der Waals surface area (Å²) in [6.07, 6.45) is 0. The van der Waals surface area contributed by atoms with Gasteiger partial charge in [0, 0.05) is 43.3 Å². The summed E-state index contributed by atoms with van der Waals surface area (Å²) in [5.41, 5.74) is 0.934. The average molecular weight is 395 g/mol. The molecule has 2 N–H and O–H groups in total. The molecule has 1 aromatic rings. The summed E-state index contributed by atoms with van der Waals surface area (Å²) in [5, 5.41) is 6.72. The van der Waals surface area contributed by atoms with E-state index in [-0.39, 0.29) is 0 Å². The van der Waals surface area contributed by atoms with Crippen LogP contribution in [0.5, 0.6) is 17.2 Å². The van der Waals surface area contributed by atoms with E-state index in [4.69, 9.17) is 19.2 Å². The monoisotopic (exact) mass is 394 g/mol. The quantitative estimate of drug-likeness (QED) is 0.444. The lowest BCUT2D eigenvalue weighted by molar-refractivity contribution is 0.178. The van der Waals surface area contributed by atoms with Crippen LogP contribution in [0, 0.1) is 0 Å². The molecule has 28 heavy (non-hydrogen) atoms. The van der Waals surface area contributed by atoms with E-state index in [1.807, 2.05) is 12.1 Å². The molecule has 0 aliphatic rings. The summed E-state index contributed by atoms with van der Waals surface area (Å²) < 4.78 is 16.2. The van der Waals surface area contributed by atoms with Gasteiger partial charge in [0.05, 0.1) is 27.9 Å². The Bertz CT molecular complexity index is 610. The number of guanidine groups is 1. The Morgan fingerprint density at radius 1 is 0.929 bits per heavy atom. The van der Waals surface area contributed by atoms with Crippen molar-refractivity contribution < 1.29 is 14.2 Å². The van der Waals surface area contributed by atoms with E-state index >= 15 is 0 Å². The standard InChI is InChI=1S/C21H38N4O3/c1-9-22-21(23-10-11-25(15(2)3)16(4)5)24-14-17-12-19(27-7)20(28-8)13-18(17)26-6/h12-13,15-16H,9-11,14H2,1-8H3,(H2,22,23,24). The molecule has 1 rings (SSSR count). The first-order valence-corrected chi connectivity index (χ1v) is 9.94. The second-order valence-electron chi connectivity index (χ2n) is 7.07. The van der Waals surface area contributed by atoms with Crippen LogP contribution in [0.3, 0.4) is 0 Å². The summed E-state index contributed by atoms with van der Waals surface area (Å²) in [6, 6.07) is 4.76. The van der Waals surface area contributed by atoms with E-state index in [1.165, 1.54) is 0 Å². The summed E-state index contributed by atoms with van der Waals surface area (Å²) >= 11 is 0. The number of methoxy groups -OCH3 is 3. The van der Waals surface area contributed by atoms with Crippen molar-refractivity contribution in [2.45, 2.75) is 53.2 Å². The number of ether oxygens (including phenoxy) is 3. The number of benzene rings is 1. The summed E-state index contributed by atoms with van der Waals surface area (Å²) in [4.78, 5) is 7.16. The minimum absolute atomic E-state index is 0.469. The van der Waals surface area contributed by atoms with Crippen LogP contribution in [0.15, 0.2) is 17.1 Å². The second-order valence-corrected chi connectivity index (χ2v) is 7.07. The summed E-state index contributed by atoms with van der Waals surface area (Å²) in [5.74, 6) is 2.81. The third-order valence-corrected chi connectivity index (χ3v) is 4.53. The van der Waals surface area contributed by atoms with Gasteiger partial charge >= 0.3 is 0 Å². The maximum Gasteiger partial charge on any atom is 0.191 e. The number of nitrogens with zero attached hydrogens (tertiary/aromatic N) is 2. The van der Waals surface area contributed by atoms with Crippen LogP contribution in [0.4, 0.5) is 0 Å². The molecule has 0 unspecified atom stereocenters. The highest BCUT2D eigenvalue weighted by atomic mass is 16.5. The van der Waals surface area contributed by atoms with E-state index in [0.717, 1.165) is 36.9 Å². The van der Waals surface area contributed by atoms with Crippen LogP contribution in [0.1, 0.15) is 40.2 Å². The van der Waals surface area contributed by atoms with Gasteiger partial charge in [-0.2, -0.15) is 0 Å². The molecule has 160 valence electrons. The Hall–Kier alpha value is -2.15. The molecule has 0 saturated carbocycles. The minimum atomic E-state index is 0.469. The van der Waals surface area contributed by atoms with Crippen LogP contribution in [-0.2, 0) is 6.54 Å². The van der Waals surface area contributed by atoms with Gasteiger partial charge in [-0.25, -0.2) is 4.99 Å². The molecule has 0 amide bonds. The smallest absolute Gasteiger partial charge is 0.191 e. The van der Waals surface area contributed by atoms with Crippen molar-refractivity contribution in [1.29, 1.82) is 0 Å². The predicted molar refractivity (Wildman–Crippen MR) is 116 cm³/mol. The SMILES string of the molecule is CCNC(=NCc1cc(OC)c(OC)cc1OC)NCCN(C(C)C)C(C)C. The molecule has 0 aromatic heterocycles. The Kier molecular flexibility index (Phi) is 10.5. The summed E-state index contributed by atoms with van der Waals surface area (Å²) in [6.45, 7) is 14.0. The normalized spacial score (nSPS) is 11.9. The van der Waals surface area contributed by atoms with Crippen LogP contribution >= 0.6 is 0 Å². The van der Waals surface area contributed by atoms with Gasteiger partial charge in [0.1, 0.15) is 5.75 Å². The average Bonchev–Trinajstić information content (AvgIpc) is 2.67. The van der Waals surface area contributed by atoms with Crippen LogP contribution in [-0.4, -0.2) is 63.9 Å². The topological polar surface area (TPSA) is 67.4 Å². The third kappa shape index (κ3) is 7.11. The number of rotatable bonds is 11. The Labute approximate surface area is 170 Å². The zero-order valence-electron chi connectivity index (χ0n) is 18.8. The summed E-state index contributed by atoms with van der Waals surface area (Å²) in [7, 11) is 4.88. The molecule has 0 aliphatic carbocycles. The number of hydrogen-bond acceptors (Lipinski definition) is 5. The maximum atomic E-state index is 5.49. The molecule has 0 saturated heterocycles. The predicted octanol–water partition coefficient (Wildman–Crippen LogP) is 2.89. The van der Waals surface area contributed by atoms with E-state index < -0.39 is 0 Å². The van der Waals surface area contributed by atoms with Crippen molar-refractivity contribution in [3.8, 4) is 17.2 Å². The second kappa shape index (κ2) is 12.3. The highest BCUT2D eigenvalue weighted by Crippen LogP contribution is 2.34. The number of aliphatic imine (C=N–C) groups is 1. The first-order valence-electron chi connectivity index (χ1n) is 9.94. The number of nitrogens with one attached hydrogen (secondary N) is 2. The molecule has 7 nitrogen and oxygen atoms in total. The third-order valence-electron chi connectivity index (χ3n) is 4.53. The Morgan fingerprint density at radius 3 is 2.00 bits per heavy atom. The molecule has 0 radical (unpaired) electrons. The van der Waals surface area contributed by atoms with Gasteiger partial charge in [-0.1, -0.05) is 0 Å². The van der Waals surface area contributed by atoms with Crippen molar-refractivity contribution >= 4 is 5.96 Å². The largest absolute Gasteiger partial charge is 0.496 e. The van der Waals surface area contributed by atoms with Gasteiger partial charge in [-0.15, -0.1) is 0 Å².